The van der Waals surface area contributed by atoms with Gasteiger partial charge in [-0.05, 0) is 25.1 Å². The van der Waals surface area contributed by atoms with Gasteiger partial charge in [0.05, 0.1) is 5.56 Å². The van der Waals surface area contributed by atoms with Gasteiger partial charge in [0.25, 0.3) is 0 Å². The third kappa shape index (κ3) is 3.25. The predicted molar refractivity (Wildman–Crippen MR) is 69.9 cm³/mol. The number of nitrogens with zero attached hydrogens (tertiary/aromatic N) is 1. The zero-order valence-electron chi connectivity index (χ0n) is 10.4. The van der Waals surface area contributed by atoms with Crippen LogP contribution in [0.2, 0.25) is 0 Å². The average Bonchev–Trinajstić information content (AvgIpc) is 2.48. The summed E-state index contributed by atoms with van der Waals surface area (Å²) in [6, 6.07) is 9.94. The molecule has 0 bridgehead atoms. The third-order valence-corrected chi connectivity index (χ3v) is 2.72. The Morgan fingerprint density at radius 3 is 2.58 bits per heavy atom. The fourth-order valence-electron chi connectivity index (χ4n) is 1.61. The summed E-state index contributed by atoms with van der Waals surface area (Å²) in [4.78, 5) is 26.4. The number of aromatic nitrogens is 1. The largest absolute Gasteiger partial charge is 0.454 e. The summed E-state index contributed by atoms with van der Waals surface area (Å²) in [5.41, 5.74) is 1.78. The maximum atomic E-state index is 11.9. The van der Waals surface area contributed by atoms with Gasteiger partial charge < -0.3 is 4.74 Å². The van der Waals surface area contributed by atoms with E-state index in [1.54, 1.807) is 49.6 Å². The molecule has 1 heterocycles. The van der Waals surface area contributed by atoms with E-state index < -0.39 is 5.97 Å². The fourth-order valence-corrected chi connectivity index (χ4v) is 1.61. The van der Waals surface area contributed by atoms with Crippen LogP contribution in [0.3, 0.4) is 0 Å². The van der Waals surface area contributed by atoms with Crippen molar-refractivity contribution in [1.29, 1.82) is 0 Å². The van der Waals surface area contributed by atoms with Crippen LogP contribution in [0.15, 0.2) is 48.8 Å². The Kier molecular flexibility index (Phi) is 4.03. The van der Waals surface area contributed by atoms with E-state index in [1.807, 2.05) is 6.07 Å². The van der Waals surface area contributed by atoms with Crippen LogP contribution >= 0.6 is 0 Å². The van der Waals surface area contributed by atoms with E-state index in [9.17, 15) is 9.59 Å². The first-order valence-corrected chi connectivity index (χ1v) is 5.87. The van der Waals surface area contributed by atoms with Crippen molar-refractivity contribution >= 4 is 12.3 Å². The lowest BCUT2D eigenvalue weighted by Gasteiger charge is -2.13. The van der Waals surface area contributed by atoms with Gasteiger partial charge in [-0.2, -0.15) is 0 Å². The molecule has 0 aliphatic carbocycles. The van der Waals surface area contributed by atoms with Crippen molar-refractivity contribution in [3.63, 3.8) is 0 Å². The molecule has 96 valence electrons. The normalized spacial score (nSPS) is 11.6. The van der Waals surface area contributed by atoms with E-state index in [4.69, 9.17) is 4.74 Å². The van der Waals surface area contributed by atoms with Gasteiger partial charge in [0.1, 0.15) is 12.4 Å². The van der Waals surface area contributed by atoms with Crippen molar-refractivity contribution in [1.82, 2.24) is 4.98 Å². The molecule has 1 aromatic carbocycles. The highest BCUT2D eigenvalue weighted by Crippen LogP contribution is 2.17. The molecule has 4 heteroatoms. The van der Waals surface area contributed by atoms with Gasteiger partial charge in [0.2, 0.25) is 0 Å². The van der Waals surface area contributed by atoms with E-state index in [-0.39, 0.29) is 6.10 Å². The maximum absolute atomic E-state index is 11.9. The quantitative estimate of drug-likeness (QED) is 0.622. The molecule has 0 aliphatic rings. The van der Waals surface area contributed by atoms with E-state index in [1.165, 1.54) is 0 Å². The van der Waals surface area contributed by atoms with E-state index >= 15 is 0 Å². The van der Waals surface area contributed by atoms with E-state index in [0.717, 1.165) is 11.8 Å². The van der Waals surface area contributed by atoms with Crippen molar-refractivity contribution in [3.8, 4) is 0 Å². The molecule has 4 nitrogen and oxygen atoms in total. The van der Waals surface area contributed by atoms with E-state index in [0.29, 0.717) is 11.1 Å². The Morgan fingerprint density at radius 2 is 2.00 bits per heavy atom. The van der Waals surface area contributed by atoms with Gasteiger partial charge in [-0.3, -0.25) is 9.78 Å². The zero-order valence-corrected chi connectivity index (χ0v) is 10.4. The molecule has 2 aromatic rings. The molecule has 1 atom stereocenters. The second kappa shape index (κ2) is 5.91. The first kappa shape index (κ1) is 13.0. The van der Waals surface area contributed by atoms with Crippen LogP contribution < -0.4 is 0 Å². The van der Waals surface area contributed by atoms with Crippen molar-refractivity contribution < 1.29 is 14.3 Å². The van der Waals surface area contributed by atoms with Crippen molar-refractivity contribution in [2.24, 2.45) is 0 Å². The molecule has 0 unspecified atom stereocenters. The molecule has 0 radical (unpaired) electrons. The Balaban J connectivity index is 2.06. The summed E-state index contributed by atoms with van der Waals surface area (Å²) in [6.07, 6.45) is 3.68. The first-order chi connectivity index (χ1) is 9.20. The number of esters is 1. The van der Waals surface area contributed by atoms with Gasteiger partial charge in [0.15, 0.2) is 0 Å². The summed E-state index contributed by atoms with van der Waals surface area (Å²) in [5, 5.41) is 0. The highest BCUT2D eigenvalue weighted by molar-refractivity contribution is 5.90. The molecule has 0 amide bonds. The minimum absolute atomic E-state index is 0.369. The second-order valence-electron chi connectivity index (χ2n) is 4.07. The lowest BCUT2D eigenvalue weighted by molar-refractivity contribution is 0.0337. The highest BCUT2D eigenvalue weighted by atomic mass is 16.5. The van der Waals surface area contributed by atoms with Gasteiger partial charge in [0, 0.05) is 23.5 Å². The van der Waals surface area contributed by atoms with Gasteiger partial charge >= 0.3 is 5.97 Å². The Labute approximate surface area is 111 Å². The van der Waals surface area contributed by atoms with Crippen LogP contribution in [0.4, 0.5) is 0 Å². The number of carbonyl (C=O) groups excluding carboxylic acids is 2. The van der Waals surface area contributed by atoms with Crippen molar-refractivity contribution in [3.05, 3.63) is 65.5 Å². The molecular weight excluding hydrogens is 242 g/mol. The highest BCUT2D eigenvalue weighted by Gasteiger charge is 2.13. The number of pyridine rings is 1. The smallest absolute Gasteiger partial charge is 0.338 e. The van der Waals surface area contributed by atoms with Crippen LogP contribution in [0, 0.1) is 0 Å². The second-order valence-corrected chi connectivity index (χ2v) is 4.07. The summed E-state index contributed by atoms with van der Waals surface area (Å²) in [5.74, 6) is -0.422. The standard InChI is InChI=1S/C15H13NO3/c1-11(14-3-2-8-16-9-14)19-15(18)13-6-4-12(10-17)5-7-13/h2-11H,1H3/t11-/m1/s1. The van der Waals surface area contributed by atoms with Crippen LogP contribution in [0.25, 0.3) is 0 Å². The molecule has 0 N–H and O–H groups in total. The van der Waals surface area contributed by atoms with Gasteiger partial charge in [-0.25, -0.2) is 4.79 Å². The third-order valence-electron chi connectivity index (χ3n) is 2.72. The average molecular weight is 255 g/mol. The summed E-state index contributed by atoms with van der Waals surface area (Å²) in [6.45, 7) is 1.79. The molecule has 2 rings (SSSR count). The fraction of sp³-hybridized carbons (Fsp3) is 0.133. The van der Waals surface area contributed by atoms with Crippen molar-refractivity contribution in [2.75, 3.05) is 0 Å². The SMILES string of the molecule is C[C@@H](OC(=O)c1ccc(C=O)cc1)c1cccnc1. The van der Waals surface area contributed by atoms with E-state index in [2.05, 4.69) is 4.98 Å². The lowest BCUT2D eigenvalue weighted by Crippen LogP contribution is -2.09. The Hall–Kier alpha value is -2.49. The molecule has 0 spiro atoms. The minimum atomic E-state index is -0.422. The molecule has 0 fully saturated rings. The molecule has 0 saturated carbocycles. The minimum Gasteiger partial charge on any atom is -0.454 e. The molecule has 0 aliphatic heterocycles. The molecule has 0 saturated heterocycles. The molecular formula is C15H13NO3. The van der Waals surface area contributed by atoms with Crippen LogP contribution in [-0.2, 0) is 4.74 Å². The number of hydrogen-bond donors (Lipinski definition) is 0. The van der Waals surface area contributed by atoms with Crippen LogP contribution in [-0.4, -0.2) is 17.2 Å². The maximum Gasteiger partial charge on any atom is 0.338 e. The molecule has 1 aromatic heterocycles. The Morgan fingerprint density at radius 1 is 1.26 bits per heavy atom. The summed E-state index contributed by atoms with van der Waals surface area (Å²) in [7, 11) is 0. The lowest BCUT2D eigenvalue weighted by atomic mass is 10.1. The topological polar surface area (TPSA) is 56.3 Å². The molecule has 19 heavy (non-hydrogen) atoms. The number of hydrogen-bond acceptors (Lipinski definition) is 4. The zero-order chi connectivity index (χ0) is 13.7. The van der Waals surface area contributed by atoms with Gasteiger partial charge in [-0.1, -0.05) is 18.2 Å². The number of carbonyl (C=O) groups is 2. The summed E-state index contributed by atoms with van der Waals surface area (Å²) < 4.78 is 5.33. The number of rotatable bonds is 4. The summed E-state index contributed by atoms with van der Waals surface area (Å²) >= 11 is 0. The Bertz CT molecular complexity index is 564. The first-order valence-electron chi connectivity index (χ1n) is 5.87. The number of benzene rings is 1. The number of ether oxygens (including phenoxy) is 1. The van der Waals surface area contributed by atoms with Crippen LogP contribution in [0.5, 0.6) is 0 Å². The monoisotopic (exact) mass is 255 g/mol. The van der Waals surface area contributed by atoms with Gasteiger partial charge in [-0.15, -0.1) is 0 Å². The predicted octanol–water partition coefficient (Wildman–Crippen LogP) is 2.81. The van der Waals surface area contributed by atoms with Crippen LogP contribution in [0.1, 0.15) is 39.3 Å². The number of aldehydes is 1. The van der Waals surface area contributed by atoms with Crippen molar-refractivity contribution in [2.45, 2.75) is 13.0 Å².